The van der Waals surface area contributed by atoms with Crippen molar-refractivity contribution in [2.45, 2.75) is 20.4 Å². The average Bonchev–Trinajstić information content (AvgIpc) is 3.28. The standard InChI is InChI=1S/C17H19N5O3/c1-4-22(10-16-18-11(2)21-25-16)17(23)15-9-14(19-20-15)12-6-5-7-13(8-12)24-3/h5-9H,4,10H2,1-3H3,(H,19,20). The van der Waals surface area contributed by atoms with E-state index in [9.17, 15) is 4.79 Å². The van der Waals surface area contributed by atoms with Crippen LogP contribution in [-0.4, -0.2) is 44.8 Å². The highest BCUT2D eigenvalue weighted by molar-refractivity contribution is 5.93. The predicted molar refractivity (Wildman–Crippen MR) is 90.0 cm³/mol. The molecule has 0 atom stereocenters. The van der Waals surface area contributed by atoms with Gasteiger partial charge in [0, 0.05) is 12.1 Å². The molecule has 130 valence electrons. The van der Waals surface area contributed by atoms with Crippen molar-refractivity contribution in [3.8, 4) is 17.0 Å². The van der Waals surface area contributed by atoms with Gasteiger partial charge >= 0.3 is 0 Å². The molecule has 0 bridgehead atoms. The van der Waals surface area contributed by atoms with E-state index in [1.54, 1.807) is 25.0 Å². The highest BCUT2D eigenvalue weighted by Gasteiger charge is 2.20. The summed E-state index contributed by atoms with van der Waals surface area (Å²) in [7, 11) is 1.61. The molecule has 1 aromatic carbocycles. The number of hydrogen-bond donors (Lipinski definition) is 1. The molecule has 0 aliphatic carbocycles. The second-order valence-corrected chi connectivity index (χ2v) is 5.45. The maximum absolute atomic E-state index is 12.7. The van der Waals surface area contributed by atoms with E-state index in [-0.39, 0.29) is 12.5 Å². The maximum Gasteiger partial charge on any atom is 0.272 e. The summed E-state index contributed by atoms with van der Waals surface area (Å²) in [5.74, 6) is 1.50. The molecule has 0 fully saturated rings. The molecule has 1 N–H and O–H groups in total. The molecule has 0 radical (unpaired) electrons. The lowest BCUT2D eigenvalue weighted by atomic mass is 10.1. The van der Waals surface area contributed by atoms with Crippen LogP contribution in [0.15, 0.2) is 34.9 Å². The van der Waals surface area contributed by atoms with Gasteiger partial charge in [-0.2, -0.15) is 10.1 Å². The second-order valence-electron chi connectivity index (χ2n) is 5.45. The van der Waals surface area contributed by atoms with Gasteiger partial charge < -0.3 is 14.2 Å². The molecule has 3 aromatic rings. The number of methoxy groups -OCH3 is 1. The molecule has 1 amide bonds. The molecule has 8 heteroatoms. The van der Waals surface area contributed by atoms with Crippen LogP contribution >= 0.6 is 0 Å². The van der Waals surface area contributed by atoms with Crippen molar-refractivity contribution in [1.82, 2.24) is 25.2 Å². The van der Waals surface area contributed by atoms with Gasteiger partial charge in [0.2, 0.25) is 5.89 Å². The number of carbonyl (C=O) groups excluding carboxylic acids is 1. The van der Waals surface area contributed by atoms with Crippen LogP contribution in [0.25, 0.3) is 11.3 Å². The number of aromatic amines is 1. The minimum Gasteiger partial charge on any atom is -0.497 e. The lowest BCUT2D eigenvalue weighted by Gasteiger charge is -2.17. The van der Waals surface area contributed by atoms with Gasteiger partial charge in [-0.15, -0.1) is 0 Å². The lowest BCUT2D eigenvalue weighted by Crippen LogP contribution is -2.30. The molecule has 3 rings (SSSR count). The van der Waals surface area contributed by atoms with Crippen LogP contribution in [-0.2, 0) is 6.54 Å². The number of ether oxygens (including phenoxy) is 1. The topological polar surface area (TPSA) is 97.1 Å². The first-order valence-electron chi connectivity index (χ1n) is 7.89. The van der Waals surface area contributed by atoms with Crippen molar-refractivity contribution < 1.29 is 14.1 Å². The number of aryl methyl sites for hydroxylation is 1. The van der Waals surface area contributed by atoms with Crippen molar-refractivity contribution in [1.29, 1.82) is 0 Å². The number of benzene rings is 1. The first-order chi connectivity index (χ1) is 12.1. The molecule has 8 nitrogen and oxygen atoms in total. The number of rotatable bonds is 6. The molecule has 2 heterocycles. The second kappa shape index (κ2) is 7.16. The number of carbonyl (C=O) groups is 1. The fourth-order valence-corrected chi connectivity index (χ4v) is 2.43. The van der Waals surface area contributed by atoms with Gasteiger partial charge in [-0.25, -0.2) is 0 Å². The molecule has 25 heavy (non-hydrogen) atoms. The third kappa shape index (κ3) is 3.68. The molecule has 0 aliphatic rings. The summed E-state index contributed by atoms with van der Waals surface area (Å²) in [6, 6.07) is 9.22. The summed E-state index contributed by atoms with van der Waals surface area (Å²) >= 11 is 0. The Hall–Kier alpha value is -3.16. The quantitative estimate of drug-likeness (QED) is 0.739. The smallest absolute Gasteiger partial charge is 0.272 e. The highest BCUT2D eigenvalue weighted by Crippen LogP contribution is 2.23. The molecular formula is C17H19N5O3. The summed E-state index contributed by atoms with van der Waals surface area (Å²) in [5, 5.41) is 10.8. The molecule has 0 aliphatic heterocycles. The Balaban J connectivity index is 1.78. The molecular weight excluding hydrogens is 322 g/mol. The first kappa shape index (κ1) is 16.7. The monoisotopic (exact) mass is 341 g/mol. The SMILES string of the molecule is CCN(Cc1nc(C)no1)C(=O)c1cc(-c2cccc(OC)c2)n[nH]1. The third-order valence-electron chi connectivity index (χ3n) is 3.74. The third-order valence-corrected chi connectivity index (χ3v) is 3.74. The van der Waals surface area contributed by atoms with Crippen LogP contribution in [0.1, 0.15) is 29.1 Å². The van der Waals surface area contributed by atoms with Crippen LogP contribution in [0.4, 0.5) is 0 Å². The maximum atomic E-state index is 12.7. The van der Waals surface area contributed by atoms with E-state index in [1.165, 1.54) is 0 Å². The Morgan fingerprint density at radius 1 is 1.36 bits per heavy atom. The number of aromatic nitrogens is 4. The Morgan fingerprint density at radius 2 is 2.20 bits per heavy atom. The molecule has 0 unspecified atom stereocenters. The summed E-state index contributed by atoms with van der Waals surface area (Å²) in [5.41, 5.74) is 1.94. The van der Waals surface area contributed by atoms with Crippen LogP contribution in [0.5, 0.6) is 5.75 Å². The largest absolute Gasteiger partial charge is 0.497 e. The van der Waals surface area contributed by atoms with E-state index in [0.29, 0.717) is 29.6 Å². The van der Waals surface area contributed by atoms with E-state index in [0.717, 1.165) is 11.3 Å². The number of hydrogen-bond acceptors (Lipinski definition) is 6. The normalized spacial score (nSPS) is 10.7. The summed E-state index contributed by atoms with van der Waals surface area (Å²) < 4.78 is 10.3. The average molecular weight is 341 g/mol. The van der Waals surface area contributed by atoms with Crippen molar-refractivity contribution in [2.75, 3.05) is 13.7 Å². The van der Waals surface area contributed by atoms with Gasteiger partial charge in [0.15, 0.2) is 5.82 Å². The van der Waals surface area contributed by atoms with Gasteiger partial charge in [-0.05, 0) is 32.0 Å². The Kier molecular flexibility index (Phi) is 4.78. The highest BCUT2D eigenvalue weighted by atomic mass is 16.5. The van der Waals surface area contributed by atoms with Gasteiger partial charge in [0.25, 0.3) is 5.91 Å². The zero-order valence-corrected chi connectivity index (χ0v) is 14.3. The van der Waals surface area contributed by atoms with Crippen molar-refractivity contribution >= 4 is 5.91 Å². The van der Waals surface area contributed by atoms with Crippen LogP contribution in [0.3, 0.4) is 0 Å². The summed E-state index contributed by atoms with van der Waals surface area (Å²) in [6.07, 6.45) is 0. The predicted octanol–water partition coefficient (Wildman–Crippen LogP) is 2.44. The summed E-state index contributed by atoms with van der Waals surface area (Å²) in [6.45, 7) is 4.39. The van der Waals surface area contributed by atoms with Gasteiger partial charge in [-0.1, -0.05) is 17.3 Å². The lowest BCUT2D eigenvalue weighted by molar-refractivity contribution is 0.0728. The zero-order valence-electron chi connectivity index (χ0n) is 14.3. The molecule has 0 saturated carbocycles. The Morgan fingerprint density at radius 3 is 2.88 bits per heavy atom. The van der Waals surface area contributed by atoms with Gasteiger partial charge in [0.05, 0.1) is 12.8 Å². The van der Waals surface area contributed by atoms with Crippen LogP contribution in [0, 0.1) is 6.92 Å². The first-order valence-corrected chi connectivity index (χ1v) is 7.89. The van der Waals surface area contributed by atoms with E-state index in [4.69, 9.17) is 9.26 Å². The van der Waals surface area contributed by atoms with E-state index < -0.39 is 0 Å². The number of nitrogens with one attached hydrogen (secondary N) is 1. The number of H-pyrrole nitrogens is 1. The van der Waals surface area contributed by atoms with E-state index in [2.05, 4.69) is 20.3 Å². The van der Waals surface area contributed by atoms with Crippen molar-refractivity contribution in [3.05, 3.63) is 47.7 Å². The molecule has 0 spiro atoms. The van der Waals surface area contributed by atoms with Crippen LogP contribution < -0.4 is 4.74 Å². The number of nitrogens with zero attached hydrogens (tertiary/aromatic N) is 4. The fraction of sp³-hybridized carbons (Fsp3) is 0.294. The van der Waals surface area contributed by atoms with Crippen molar-refractivity contribution in [2.24, 2.45) is 0 Å². The minimum atomic E-state index is -0.181. The van der Waals surface area contributed by atoms with Gasteiger partial charge in [-0.3, -0.25) is 9.89 Å². The summed E-state index contributed by atoms with van der Waals surface area (Å²) in [4.78, 5) is 18.4. The Bertz CT molecular complexity index is 871. The fourth-order valence-electron chi connectivity index (χ4n) is 2.43. The van der Waals surface area contributed by atoms with E-state index in [1.807, 2.05) is 31.2 Å². The Labute approximate surface area is 144 Å². The van der Waals surface area contributed by atoms with Gasteiger partial charge in [0.1, 0.15) is 18.0 Å². The minimum absolute atomic E-state index is 0.181. The molecule has 0 saturated heterocycles. The van der Waals surface area contributed by atoms with Crippen LogP contribution in [0.2, 0.25) is 0 Å². The zero-order chi connectivity index (χ0) is 17.8. The van der Waals surface area contributed by atoms with Crippen molar-refractivity contribution in [3.63, 3.8) is 0 Å². The van der Waals surface area contributed by atoms with E-state index >= 15 is 0 Å². The molecule has 2 aromatic heterocycles. The number of amides is 1.